The molecule has 1 rings (SSSR count). The van der Waals surface area contributed by atoms with Crippen molar-refractivity contribution >= 4 is 17.6 Å². The van der Waals surface area contributed by atoms with Crippen LogP contribution in [0.5, 0.6) is 11.5 Å². The average Bonchev–Trinajstić information content (AvgIpc) is 2.30. The molecule has 0 fully saturated rings. The van der Waals surface area contributed by atoms with Gasteiger partial charge in [-0.05, 0) is 0 Å². The first-order valence-corrected chi connectivity index (χ1v) is 3.47. The van der Waals surface area contributed by atoms with Crippen molar-refractivity contribution in [3.05, 3.63) is 10.3 Å². The van der Waals surface area contributed by atoms with Crippen LogP contribution in [0, 0.1) is 0 Å². The van der Waals surface area contributed by atoms with E-state index >= 15 is 0 Å². The predicted octanol–water partition coefficient (Wildman–Crippen LogP) is 1.27. The summed E-state index contributed by atoms with van der Waals surface area (Å²) in [5.41, 5.74) is 0. The molecule has 1 aromatic rings. The smallest absolute Gasteiger partial charge is 0.181 e. The first-order valence-electron chi connectivity index (χ1n) is 2.59. The van der Waals surface area contributed by atoms with Crippen LogP contribution in [0.15, 0.2) is 5.38 Å². The molecule has 1 heterocycles. The zero-order chi connectivity index (χ0) is 7.56. The van der Waals surface area contributed by atoms with E-state index in [1.54, 1.807) is 0 Å². The zero-order valence-electron chi connectivity index (χ0n) is 5.33. The summed E-state index contributed by atoms with van der Waals surface area (Å²) in [6.07, 6.45) is 0.656. The molecule has 0 bridgehead atoms. The fraction of sp³-hybridized carbons (Fsp3) is 0.167. The highest BCUT2D eigenvalue weighted by Gasteiger charge is 2.09. The van der Waals surface area contributed by atoms with Gasteiger partial charge in [-0.15, -0.1) is 11.3 Å². The van der Waals surface area contributed by atoms with Gasteiger partial charge in [0.1, 0.15) is 4.88 Å². The first-order chi connectivity index (χ1) is 4.79. The van der Waals surface area contributed by atoms with E-state index in [1.807, 2.05) is 0 Å². The molecule has 0 aliphatic rings. The van der Waals surface area contributed by atoms with Crippen LogP contribution in [0.4, 0.5) is 0 Å². The molecule has 54 valence electrons. The molecule has 0 aliphatic heterocycles. The van der Waals surface area contributed by atoms with Crippen molar-refractivity contribution in [2.24, 2.45) is 0 Å². The second-order valence-electron chi connectivity index (χ2n) is 1.64. The predicted molar refractivity (Wildman–Crippen MR) is 37.9 cm³/mol. The molecule has 0 unspecified atom stereocenters. The Labute approximate surface area is 61.9 Å². The standard InChI is InChI=1S/C6H6O3S/c1-9-6-4(8)3-10-5(6)2-7/h2-3,8H,1H3. The molecule has 0 saturated heterocycles. The van der Waals surface area contributed by atoms with Gasteiger partial charge < -0.3 is 9.84 Å². The first kappa shape index (κ1) is 7.08. The van der Waals surface area contributed by atoms with Crippen molar-refractivity contribution in [2.75, 3.05) is 7.11 Å². The van der Waals surface area contributed by atoms with E-state index in [2.05, 4.69) is 0 Å². The Morgan fingerprint density at radius 2 is 2.50 bits per heavy atom. The van der Waals surface area contributed by atoms with Crippen LogP contribution in [0.1, 0.15) is 9.67 Å². The topological polar surface area (TPSA) is 46.5 Å². The Bertz CT molecular complexity index is 241. The SMILES string of the molecule is COc1c(O)csc1C=O. The van der Waals surface area contributed by atoms with Crippen LogP contribution >= 0.6 is 11.3 Å². The van der Waals surface area contributed by atoms with Crippen LogP contribution in [0.2, 0.25) is 0 Å². The van der Waals surface area contributed by atoms with Crippen LogP contribution in [-0.2, 0) is 0 Å². The molecule has 0 saturated carbocycles. The van der Waals surface area contributed by atoms with Gasteiger partial charge in [0.15, 0.2) is 17.8 Å². The largest absolute Gasteiger partial charge is 0.504 e. The van der Waals surface area contributed by atoms with E-state index in [4.69, 9.17) is 9.84 Å². The number of carbonyl (C=O) groups is 1. The maximum atomic E-state index is 10.2. The third-order valence-corrected chi connectivity index (χ3v) is 1.94. The number of rotatable bonds is 2. The highest BCUT2D eigenvalue weighted by Crippen LogP contribution is 2.34. The summed E-state index contributed by atoms with van der Waals surface area (Å²) in [6.45, 7) is 0. The minimum atomic E-state index is 0.0228. The van der Waals surface area contributed by atoms with Crippen molar-refractivity contribution in [1.29, 1.82) is 0 Å². The Kier molecular flexibility index (Phi) is 1.91. The summed E-state index contributed by atoms with van der Waals surface area (Å²) < 4.78 is 4.74. The van der Waals surface area contributed by atoms with Gasteiger partial charge in [-0.2, -0.15) is 0 Å². The molecular formula is C6H6O3S. The maximum Gasteiger partial charge on any atom is 0.181 e. The number of aldehydes is 1. The summed E-state index contributed by atoms with van der Waals surface area (Å²) in [4.78, 5) is 10.6. The summed E-state index contributed by atoms with van der Waals surface area (Å²) in [5, 5.41) is 10.4. The van der Waals surface area contributed by atoms with Gasteiger partial charge in [-0.1, -0.05) is 0 Å². The number of aromatic hydroxyl groups is 1. The molecule has 0 spiro atoms. The monoisotopic (exact) mass is 158 g/mol. The Morgan fingerprint density at radius 3 is 2.90 bits per heavy atom. The average molecular weight is 158 g/mol. The van der Waals surface area contributed by atoms with Crippen LogP contribution in [0.3, 0.4) is 0 Å². The molecule has 0 atom stereocenters. The van der Waals surface area contributed by atoms with Gasteiger partial charge >= 0.3 is 0 Å². The zero-order valence-corrected chi connectivity index (χ0v) is 6.14. The van der Waals surface area contributed by atoms with Crippen LogP contribution in [-0.4, -0.2) is 18.5 Å². The second-order valence-corrected chi connectivity index (χ2v) is 2.55. The molecular weight excluding hydrogens is 152 g/mol. The Balaban J connectivity index is 3.12. The van der Waals surface area contributed by atoms with E-state index in [0.717, 1.165) is 11.3 Å². The fourth-order valence-electron chi connectivity index (χ4n) is 0.639. The van der Waals surface area contributed by atoms with Crippen molar-refractivity contribution in [3.8, 4) is 11.5 Å². The minimum Gasteiger partial charge on any atom is -0.504 e. The highest BCUT2D eigenvalue weighted by molar-refractivity contribution is 7.12. The third-order valence-electron chi connectivity index (χ3n) is 1.07. The molecule has 10 heavy (non-hydrogen) atoms. The van der Waals surface area contributed by atoms with Gasteiger partial charge in [0, 0.05) is 5.38 Å². The van der Waals surface area contributed by atoms with Crippen molar-refractivity contribution in [3.63, 3.8) is 0 Å². The molecule has 0 radical (unpaired) electrons. The summed E-state index contributed by atoms with van der Waals surface area (Å²) in [6, 6.07) is 0. The summed E-state index contributed by atoms with van der Waals surface area (Å²) in [7, 11) is 1.41. The quantitative estimate of drug-likeness (QED) is 0.659. The number of hydrogen-bond donors (Lipinski definition) is 1. The summed E-state index contributed by atoms with van der Waals surface area (Å²) in [5.74, 6) is 0.287. The van der Waals surface area contributed by atoms with E-state index in [-0.39, 0.29) is 11.5 Å². The number of hydrogen-bond acceptors (Lipinski definition) is 4. The molecule has 0 aliphatic carbocycles. The lowest BCUT2D eigenvalue weighted by Gasteiger charge is -1.95. The normalized spacial score (nSPS) is 9.30. The van der Waals surface area contributed by atoms with Gasteiger partial charge in [0.25, 0.3) is 0 Å². The molecule has 0 aromatic carbocycles. The van der Waals surface area contributed by atoms with Gasteiger partial charge in [0.2, 0.25) is 0 Å². The maximum absolute atomic E-state index is 10.2. The second kappa shape index (κ2) is 2.70. The van der Waals surface area contributed by atoms with E-state index < -0.39 is 0 Å². The lowest BCUT2D eigenvalue weighted by atomic mass is 10.4. The minimum absolute atomic E-state index is 0.0228. The molecule has 0 amide bonds. The fourth-order valence-corrected chi connectivity index (χ4v) is 1.34. The van der Waals surface area contributed by atoms with Gasteiger partial charge in [-0.25, -0.2) is 0 Å². The number of carbonyl (C=O) groups excluding carboxylic acids is 1. The van der Waals surface area contributed by atoms with E-state index in [1.165, 1.54) is 12.5 Å². The lowest BCUT2D eigenvalue weighted by molar-refractivity contribution is 0.112. The number of ether oxygens (including phenoxy) is 1. The van der Waals surface area contributed by atoms with Gasteiger partial charge in [0.05, 0.1) is 7.11 Å². The molecule has 1 N–H and O–H groups in total. The lowest BCUT2D eigenvalue weighted by Crippen LogP contribution is -1.83. The van der Waals surface area contributed by atoms with E-state index in [0.29, 0.717) is 11.2 Å². The Hall–Kier alpha value is -1.03. The third kappa shape index (κ3) is 0.974. The van der Waals surface area contributed by atoms with Crippen molar-refractivity contribution in [1.82, 2.24) is 0 Å². The molecule has 3 nitrogen and oxygen atoms in total. The van der Waals surface area contributed by atoms with E-state index in [9.17, 15) is 4.79 Å². The highest BCUT2D eigenvalue weighted by atomic mass is 32.1. The molecule has 4 heteroatoms. The number of thiophene rings is 1. The van der Waals surface area contributed by atoms with Gasteiger partial charge in [-0.3, -0.25) is 4.79 Å². The summed E-state index contributed by atoms with van der Waals surface area (Å²) >= 11 is 1.16. The van der Waals surface area contributed by atoms with Crippen molar-refractivity contribution in [2.45, 2.75) is 0 Å². The van der Waals surface area contributed by atoms with Crippen molar-refractivity contribution < 1.29 is 14.6 Å². The molecule has 1 aromatic heterocycles. The number of methoxy groups -OCH3 is 1. The Morgan fingerprint density at radius 1 is 1.80 bits per heavy atom. The van der Waals surface area contributed by atoms with Crippen LogP contribution in [0.25, 0.3) is 0 Å². The van der Waals surface area contributed by atoms with Crippen LogP contribution < -0.4 is 4.74 Å².